The van der Waals surface area contributed by atoms with Crippen molar-refractivity contribution >= 4 is 12.1 Å². The van der Waals surface area contributed by atoms with Crippen molar-refractivity contribution in [2.24, 2.45) is 0 Å². The van der Waals surface area contributed by atoms with Crippen LogP contribution in [0.5, 0.6) is 0 Å². The highest BCUT2D eigenvalue weighted by molar-refractivity contribution is 5.94. The number of carbonyl (C=O) groups is 2. The third kappa shape index (κ3) is 1.60. The molecule has 4 amide bonds. The quantitative estimate of drug-likeness (QED) is 0.551. The molecule has 11 heavy (non-hydrogen) atoms. The molecule has 0 aromatic carbocycles. The van der Waals surface area contributed by atoms with Crippen LogP contribution >= 0.6 is 0 Å². The zero-order valence-corrected chi connectivity index (χ0v) is 6.39. The van der Waals surface area contributed by atoms with Crippen LogP contribution in [0.25, 0.3) is 0 Å². The number of hydrogen-bond acceptors (Lipinski definition) is 2. The Labute approximate surface area is 64.7 Å². The van der Waals surface area contributed by atoms with E-state index < -0.39 is 0 Å². The average Bonchev–Trinajstić information content (AvgIpc) is 2.36. The topological polar surface area (TPSA) is 61.4 Å². The molecule has 5 nitrogen and oxygen atoms in total. The summed E-state index contributed by atoms with van der Waals surface area (Å²) >= 11 is 0. The first kappa shape index (κ1) is 7.84. The van der Waals surface area contributed by atoms with Gasteiger partial charge in [-0.3, -0.25) is 0 Å². The second-order valence-electron chi connectivity index (χ2n) is 2.22. The maximum Gasteiger partial charge on any atom is 0.325 e. The number of hydrogen-bond donors (Lipinski definition) is 2. The standard InChI is InChI=1S/C6H11N3O2/c1-2-7-5(10)9-4-3-8-6(9)11/h2-4H2,1H3,(H,7,10)(H,8,11). The van der Waals surface area contributed by atoms with E-state index in [0.717, 1.165) is 4.90 Å². The molecule has 1 heterocycles. The van der Waals surface area contributed by atoms with Crippen LogP contribution in [0.3, 0.4) is 0 Å². The van der Waals surface area contributed by atoms with Crippen LogP contribution in [0.4, 0.5) is 9.59 Å². The third-order valence-electron chi connectivity index (χ3n) is 1.43. The van der Waals surface area contributed by atoms with Gasteiger partial charge in [0.05, 0.1) is 0 Å². The molecule has 2 N–H and O–H groups in total. The average molecular weight is 157 g/mol. The fourth-order valence-corrected chi connectivity index (χ4v) is 0.912. The van der Waals surface area contributed by atoms with E-state index in [0.29, 0.717) is 19.6 Å². The first-order valence-corrected chi connectivity index (χ1v) is 3.59. The van der Waals surface area contributed by atoms with Crippen LogP contribution in [0, 0.1) is 0 Å². The Morgan fingerprint density at radius 3 is 3.00 bits per heavy atom. The Kier molecular flexibility index (Phi) is 2.30. The van der Waals surface area contributed by atoms with E-state index in [4.69, 9.17) is 0 Å². The maximum absolute atomic E-state index is 11.0. The van der Waals surface area contributed by atoms with Crippen molar-refractivity contribution in [3.63, 3.8) is 0 Å². The van der Waals surface area contributed by atoms with Crippen LogP contribution in [0.1, 0.15) is 6.92 Å². The van der Waals surface area contributed by atoms with E-state index in [-0.39, 0.29) is 12.1 Å². The zero-order valence-electron chi connectivity index (χ0n) is 6.39. The Morgan fingerprint density at radius 1 is 1.82 bits per heavy atom. The molecule has 0 atom stereocenters. The number of carbonyl (C=O) groups excluding carboxylic acids is 2. The summed E-state index contributed by atoms with van der Waals surface area (Å²) < 4.78 is 0. The molecule has 0 spiro atoms. The molecule has 1 aliphatic heterocycles. The molecule has 1 rings (SSSR count). The minimum absolute atomic E-state index is 0.309. The molecule has 0 unspecified atom stereocenters. The van der Waals surface area contributed by atoms with E-state index >= 15 is 0 Å². The van der Waals surface area contributed by atoms with Gasteiger partial charge in [0.1, 0.15) is 0 Å². The first-order chi connectivity index (χ1) is 5.25. The van der Waals surface area contributed by atoms with Gasteiger partial charge in [0.25, 0.3) is 0 Å². The number of nitrogens with one attached hydrogen (secondary N) is 2. The van der Waals surface area contributed by atoms with E-state index in [9.17, 15) is 9.59 Å². The monoisotopic (exact) mass is 157 g/mol. The summed E-state index contributed by atoms with van der Waals surface area (Å²) in [5.74, 6) is 0. The molecule has 62 valence electrons. The van der Waals surface area contributed by atoms with Crippen LogP contribution < -0.4 is 10.6 Å². The zero-order chi connectivity index (χ0) is 8.27. The lowest BCUT2D eigenvalue weighted by Crippen LogP contribution is -2.41. The summed E-state index contributed by atoms with van der Waals surface area (Å²) in [5.41, 5.74) is 0. The largest absolute Gasteiger partial charge is 0.338 e. The fraction of sp³-hybridized carbons (Fsp3) is 0.667. The van der Waals surface area contributed by atoms with Crippen LogP contribution in [0.15, 0.2) is 0 Å². The summed E-state index contributed by atoms with van der Waals surface area (Å²) in [5, 5.41) is 5.08. The molecule has 1 aliphatic rings. The lowest BCUT2D eigenvalue weighted by atomic mass is 10.6. The fourth-order valence-electron chi connectivity index (χ4n) is 0.912. The lowest BCUT2D eigenvalue weighted by molar-refractivity contribution is 0.199. The van der Waals surface area contributed by atoms with Crippen molar-refractivity contribution in [2.45, 2.75) is 6.92 Å². The minimum atomic E-state index is -0.317. The van der Waals surface area contributed by atoms with Crippen molar-refractivity contribution in [1.82, 2.24) is 15.5 Å². The van der Waals surface area contributed by atoms with Gasteiger partial charge in [0, 0.05) is 19.6 Å². The van der Waals surface area contributed by atoms with E-state index in [1.54, 1.807) is 0 Å². The molecule has 0 saturated carbocycles. The highest BCUT2D eigenvalue weighted by Gasteiger charge is 2.24. The summed E-state index contributed by atoms with van der Waals surface area (Å²) in [4.78, 5) is 23.0. The van der Waals surface area contributed by atoms with Crippen molar-refractivity contribution in [3.05, 3.63) is 0 Å². The summed E-state index contributed by atoms with van der Waals surface area (Å²) in [6.45, 7) is 3.37. The van der Waals surface area contributed by atoms with E-state index in [1.165, 1.54) is 0 Å². The highest BCUT2D eigenvalue weighted by Crippen LogP contribution is 1.95. The minimum Gasteiger partial charge on any atom is -0.338 e. The maximum atomic E-state index is 11.0. The van der Waals surface area contributed by atoms with Gasteiger partial charge in [-0.05, 0) is 6.92 Å². The number of amides is 4. The number of imide groups is 1. The van der Waals surface area contributed by atoms with E-state index in [1.807, 2.05) is 6.92 Å². The van der Waals surface area contributed by atoms with Gasteiger partial charge >= 0.3 is 12.1 Å². The SMILES string of the molecule is CCNC(=O)N1CCNC1=O. The summed E-state index contributed by atoms with van der Waals surface area (Å²) in [7, 11) is 0. The Balaban J connectivity index is 2.46. The lowest BCUT2D eigenvalue weighted by Gasteiger charge is -2.11. The molecule has 0 radical (unpaired) electrons. The van der Waals surface area contributed by atoms with Gasteiger partial charge in [-0.25, -0.2) is 14.5 Å². The van der Waals surface area contributed by atoms with Crippen molar-refractivity contribution in [2.75, 3.05) is 19.6 Å². The predicted molar refractivity (Wildman–Crippen MR) is 39.2 cm³/mol. The highest BCUT2D eigenvalue weighted by atomic mass is 16.2. The summed E-state index contributed by atoms with van der Waals surface area (Å²) in [6.07, 6.45) is 0. The van der Waals surface area contributed by atoms with Crippen LogP contribution in [0.2, 0.25) is 0 Å². The second kappa shape index (κ2) is 3.23. The van der Waals surface area contributed by atoms with Gasteiger partial charge in [0.2, 0.25) is 0 Å². The van der Waals surface area contributed by atoms with Crippen LogP contribution in [-0.4, -0.2) is 36.6 Å². The molecule has 0 aromatic rings. The molecular formula is C6H11N3O2. The normalized spacial score (nSPS) is 16.5. The number of nitrogens with zero attached hydrogens (tertiary/aromatic N) is 1. The molecule has 1 saturated heterocycles. The van der Waals surface area contributed by atoms with E-state index in [2.05, 4.69) is 10.6 Å². The van der Waals surface area contributed by atoms with Gasteiger partial charge < -0.3 is 10.6 Å². The number of rotatable bonds is 1. The first-order valence-electron chi connectivity index (χ1n) is 3.59. The van der Waals surface area contributed by atoms with Crippen LogP contribution in [-0.2, 0) is 0 Å². The predicted octanol–water partition coefficient (Wildman–Crippen LogP) is -0.259. The number of urea groups is 2. The Morgan fingerprint density at radius 2 is 2.55 bits per heavy atom. The molecule has 1 fully saturated rings. The smallest absolute Gasteiger partial charge is 0.325 e. The van der Waals surface area contributed by atoms with Gasteiger partial charge in [-0.1, -0.05) is 0 Å². The van der Waals surface area contributed by atoms with Gasteiger partial charge in [-0.2, -0.15) is 0 Å². The van der Waals surface area contributed by atoms with Crippen molar-refractivity contribution in [3.8, 4) is 0 Å². The third-order valence-corrected chi connectivity index (χ3v) is 1.43. The molecule has 0 aromatic heterocycles. The second-order valence-corrected chi connectivity index (χ2v) is 2.22. The van der Waals surface area contributed by atoms with Gasteiger partial charge in [-0.15, -0.1) is 0 Å². The molecule has 0 aliphatic carbocycles. The molecular weight excluding hydrogens is 146 g/mol. The van der Waals surface area contributed by atoms with Gasteiger partial charge in [0.15, 0.2) is 0 Å². The van der Waals surface area contributed by atoms with Crippen molar-refractivity contribution < 1.29 is 9.59 Å². The molecule has 5 heteroatoms. The van der Waals surface area contributed by atoms with Crippen molar-refractivity contribution in [1.29, 1.82) is 0 Å². The Hall–Kier alpha value is -1.26. The summed E-state index contributed by atoms with van der Waals surface area (Å²) in [6, 6.07) is -0.626. The molecule has 0 bridgehead atoms. The Bertz CT molecular complexity index is 181.